The van der Waals surface area contributed by atoms with Crippen LogP contribution in [-0.2, 0) is 11.3 Å². The number of furan rings is 2. The smallest absolute Gasteiger partial charge is 0.374 e. The summed E-state index contributed by atoms with van der Waals surface area (Å²) in [4.78, 5) is 11.4. The molecule has 0 aromatic carbocycles. The number of esters is 1. The van der Waals surface area contributed by atoms with E-state index < -0.39 is 5.97 Å². The third-order valence-corrected chi connectivity index (χ3v) is 2.73. The fourth-order valence-electron chi connectivity index (χ4n) is 1.75. The van der Waals surface area contributed by atoms with Crippen molar-refractivity contribution >= 4 is 5.97 Å². The third kappa shape index (κ3) is 3.49. The standard InChI is InChI=1S/C14H17NO5/c1-2-18-14(17)13-6-5-10(20-13)8-15-11(9-16)12-4-3-7-19-12/h3-7,11,15-16H,2,8-9H2,1H3. The van der Waals surface area contributed by atoms with Crippen molar-refractivity contribution in [1.29, 1.82) is 0 Å². The van der Waals surface area contributed by atoms with Gasteiger partial charge in [0.15, 0.2) is 0 Å². The van der Waals surface area contributed by atoms with Crippen LogP contribution in [0.5, 0.6) is 0 Å². The van der Waals surface area contributed by atoms with E-state index in [0.717, 1.165) is 0 Å². The van der Waals surface area contributed by atoms with Gasteiger partial charge in [-0.25, -0.2) is 4.79 Å². The minimum Gasteiger partial charge on any atom is -0.468 e. The zero-order chi connectivity index (χ0) is 14.4. The minimum atomic E-state index is -0.483. The second kappa shape index (κ2) is 6.93. The number of hydrogen-bond donors (Lipinski definition) is 2. The van der Waals surface area contributed by atoms with Crippen molar-refractivity contribution in [2.24, 2.45) is 0 Å². The van der Waals surface area contributed by atoms with E-state index in [4.69, 9.17) is 13.6 Å². The number of nitrogens with one attached hydrogen (secondary N) is 1. The van der Waals surface area contributed by atoms with Gasteiger partial charge in [0, 0.05) is 0 Å². The molecule has 0 saturated heterocycles. The molecule has 0 aliphatic carbocycles. The first kappa shape index (κ1) is 14.4. The quantitative estimate of drug-likeness (QED) is 0.753. The molecule has 0 aliphatic rings. The second-order valence-electron chi connectivity index (χ2n) is 4.12. The van der Waals surface area contributed by atoms with E-state index in [1.54, 1.807) is 37.5 Å². The molecule has 2 aromatic heterocycles. The number of aliphatic hydroxyl groups is 1. The van der Waals surface area contributed by atoms with Crippen molar-refractivity contribution in [3.63, 3.8) is 0 Å². The van der Waals surface area contributed by atoms with Crippen LogP contribution in [0.4, 0.5) is 0 Å². The molecule has 0 amide bonds. The third-order valence-electron chi connectivity index (χ3n) is 2.73. The fraction of sp³-hybridized carbons (Fsp3) is 0.357. The molecule has 1 unspecified atom stereocenters. The summed E-state index contributed by atoms with van der Waals surface area (Å²) in [5.74, 6) is 0.911. The highest BCUT2D eigenvalue weighted by molar-refractivity contribution is 5.86. The van der Waals surface area contributed by atoms with Gasteiger partial charge in [-0.15, -0.1) is 0 Å². The summed E-state index contributed by atoms with van der Waals surface area (Å²) in [5, 5.41) is 12.4. The molecular weight excluding hydrogens is 262 g/mol. The summed E-state index contributed by atoms with van der Waals surface area (Å²) in [6.07, 6.45) is 1.55. The van der Waals surface area contributed by atoms with Crippen molar-refractivity contribution in [3.8, 4) is 0 Å². The molecule has 0 aliphatic heterocycles. The number of carbonyl (C=O) groups is 1. The lowest BCUT2D eigenvalue weighted by atomic mass is 10.2. The normalized spacial score (nSPS) is 12.3. The Morgan fingerprint density at radius 1 is 1.45 bits per heavy atom. The average Bonchev–Trinajstić information content (AvgIpc) is 3.10. The fourth-order valence-corrected chi connectivity index (χ4v) is 1.75. The maximum atomic E-state index is 11.4. The van der Waals surface area contributed by atoms with Crippen LogP contribution >= 0.6 is 0 Å². The van der Waals surface area contributed by atoms with Gasteiger partial charge in [0.1, 0.15) is 11.5 Å². The predicted octanol–water partition coefficient (Wildman–Crippen LogP) is 1.87. The van der Waals surface area contributed by atoms with Gasteiger partial charge < -0.3 is 18.7 Å². The monoisotopic (exact) mass is 279 g/mol. The Kier molecular flexibility index (Phi) is 4.97. The van der Waals surface area contributed by atoms with Crippen LogP contribution < -0.4 is 5.32 Å². The van der Waals surface area contributed by atoms with E-state index >= 15 is 0 Å². The number of hydrogen-bond acceptors (Lipinski definition) is 6. The maximum absolute atomic E-state index is 11.4. The van der Waals surface area contributed by atoms with E-state index in [9.17, 15) is 9.90 Å². The molecule has 0 saturated carbocycles. The van der Waals surface area contributed by atoms with Crippen molar-refractivity contribution in [1.82, 2.24) is 5.32 Å². The lowest BCUT2D eigenvalue weighted by molar-refractivity contribution is 0.0487. The van der Waals surface area contributed by atoms with E-state index in [1.807, 2.05) is 0 Å². The molecule has 0 spiro atoms. The van der Waals surface area contributed by atoms with E-state index in [1.165, 1.54) is 0 Å². The van der Waals surface area contributed by atoms with Gasteiger partial charge in [-0.1, -0.05) is 0 Å². The zero-order valence-electron chi connectivity index (χ0n) is 11.2. The van der Waals surface area contributed by atoms with Crippen LogP contribution in [0, 0.1) is 0 Å². The van der Waals surface area contributed by atoms with Gasteiger partial charge in [-0.2, -0.15) is 0 Å². The molecule has 108 valence electrons. The molecule has 1 atom stereocenters. The molecule has 2 N–H and O–H groups in total. The highest BCUT2D eigenvalue weighted by Crippen LogP contribution is 2.15. The molecule has 20 heavy (non-hydrogen) atoms. The Balaban J connectivity index is 1.92. The Bertz CT molecular complexity index is 532. The maximum Gasteiger partial charge on any atom is 0.374 e. The number of carbonyl (C=O) groups excluding carboxylic acids is 1. The van der Waals surface area contributed by atoms with Crippen LogP contribution in [0.3, 0.4) is 0 Å². The molecule has 6 heteroatoms. The van der Waals surface area contributed by atoms with E-state index in [-0.39, 0.29) is 18.4 Å². The van der Waals surface area contributed by atoms with Crippen LogP contribution in [0.25, 0.3) is 0 Å². The van der Waals surface area contributed by atoms with Crippen molar-refractivity contribution in [2.75, 3.05) is 13.2 Å². The zero-order valence-corrected chi connectivity index (χ0v) is 11.2. The highest BCUT2D eigenvalue weighted by atomic mass is 16.5. The summed E-state index contributed by atoms with van der Waals surface area (Å²) in [6, 6.07) is 6.47. The largest absolute Gasteiger partial charge is 0.468 e. The summed E-state index contributed by atoms with van der Waals surface area (Å²) in [7, 11) is 0. The Labute approximate surface area is 116 Å². The van der Waals surface area contributed by atoms with Crippen molar-refractivity contribution in [3.05, 3.63) is 47.8 Å². The molecule has 6 nitrogen and oxygen atoms in total. The summed E-state index contributed by atoms with van der Waals surface area (Å²) in [6.45, 7) is 2.31. The van der Waals surface area contributed by atoms with Gasteiger partial charge in [0.05, 0.1) is 32.1 Å². The molecule has 2 aromatic rings. The summed E-state index contributed by atoms with van der Waals surface area (Å²) < 4.78 is 15.4. The lowest BCUT2D eigenvalue weighted by Crippen LogP contribution is -2.23. The molecule has 2 rings (SSSR count). The van der Waals surface area contributed by atoms with Crippen LogP contribution in [-0.4, -0.2) is 24.3 Å². The number of rotatable bonds is 7. The molecule has 0 radical (unpaired) electrons. The first-order chi connectivity index (χ1) is 9.74. The van der Waals surface area contributed by atoms with Gasteiger partial charge in [0.2, 0.25) is 5.76 Å². The van der Waals surface area contributed by atoms with Crippen LogP contribution in [0.15, 0.2) is 39.4 Å². The van der Waals surface area contributed by atoms with E-state index in [2.05, 4.69) is 5.32 Å². The van der Waals surface area contributed by atoms with Gasteiger partial charge >= 0.3 is 5.97 Å². The topological polar surface area (TPSA) is 84.8 Å². The number of ether oxygens (including phenoxy) is 1. The van der Waals surface area contributed by atoms with Gasteiger partial charge in [0.25, 0.3) is 0 Å². The highest BCUT2D eigenvalue weighted by Gasteiger charge is 2.15. The molecule has 0 bridgehead atoms. The first-order valence-corrected chi connectivity index (χ1v) is 6.38. The van der Waals surface area contributed by atoms with Crippen LogP contribution in [0.2, 0.25) is 0 Å². The van der Waals surface area contributed by atoms with Crippen molar-refractivity contribution < 1.29 is 23.5 Å². The SMILES string of the molecule is CCOC(=O)c1ccc(CNC(CO)c2ccco2)o1. The van der Waals surface area contributed by atoms with Gasteiger partial charge in [-0.3, -0.25) is 5.32 Å². The predicted molar refractivity (Wildman–Crippen MR) is 70.0 cm³/mol. The Morgan fingerprint density at radius 2 is 2.30 bits per heavy atom. The number of aliphatic hydroxyl groups excluding tert-OH is 1. The molecule has 0 fully saturated rings. The average molecular weight is 279 g/mol. The minimum absolute atomic E-state index is 0.0983. The van der Waals surface area contributed by atoms with Gasteiger partial charge in [-0.05, 0) is 31.2 Å². The second-order valence-corrected chi connectivity index (χ2v) is 4.12. The van der Waals surface area contributed by atoms with Crippen LogP contribution in [0.1, 0.15) is 35.0 Å². The summed E-state index contributed by atoms with van der Waals surface area (Å²) in [5.41, 5.74) is 0. The molecular formula is C14H17NO5. The Hall–Kier alpha value is -2.05. The first-order valence-electron chi connectivity index (χ1n) is 6.38. The summed E-state index contributed by atoms with van der Waals surface area (Å²) >= 11 is 0. The van der Waals surface area contributed by atoms with E-state index in [0.29, 0.717) is 24.7 Å². The molecule has 2 heterocycles. The van der Waals surface area contributed by atoms with Crippen molar-refractivity contribution in [2.45, 2.75) is 19.5 Å². The lowest BCUT2D eigenvalue weighted by Gasteiger charge is -2.12. The Morgan fingerprint density at radius 3 is 2.95 bits per heavy atom.